The van der Waals surface area contributed by atoms with E-state index in [-0.39, 0.29) is 17.4 Å². The van der Waals surface area contributed by atoms with Gasteiger partial charge < -0.3 is 10.6 Å². The lowest BCUT2D eigenvalue weighted by Gasteiger charge is -2.09. The van der Waals surface area contributed by atoms with Crippen LogP contribution in [0.15, 0.2) is 60.8 Å². The smallest absolute Gasteiger partial charge is 0.274 e. The van der Waals surface area contributed by atoms with Crippen LogP contribution in [0.5, 0.6) is 0 Å². The Morgan fingerprint density at radius 1 is 1.00 bits per heavy atom. The molecular formula is C19H15ClFN3O. The van der Waals surface area contributed by atoms with E-state index in [9.17, 15) is 9.18 Å². The van der Waals surface area contributed by atoms with Crippen LogP contribution in [0, 0.1) is 12.7 Å². The number of anilines is 3. The van der Waals surface area contributed by atoms with Gasteiger partial charge in [0.1, 0.15) is 11.5 Å². The predicted octanol–water partition coefficient (Wildman–Crippen LogP) is 5.18. The third kappa shape index (κ3) is 4.33. The molecule has 0 aliphatic carbocycles. The van der Waals surface area contributed by atoms with Crippen molar-refractivity contribution in [3.8, 4) is 0 Å². The normalized spacial score (nSPS) is 10.4. The van der Waals surface area contributed by atoms with Gasteiger partial charge in [-0.15, -0.1) is 0 Å². The van der Waals surface area contributed by atoms with E-state index in [1.54, 1.807) is 18.3 Å². The summed E-state index contributed by atoms with van der Waals surface area (Å²) in [6, 6.07) is 14.6. The van der Waals surface area contributed by atoms with Crippen LogP contribution in [0.25, 0.3) is 0 Å². The Balaban J connectivity index is 1.67. The molecule has 0 saturated heterocycles. The molecule has 0 aliphatic rings. The largest absolute Gasteiger partial charge is 0.354 e. The van der Waals surface area contributed by atoms with Crippen molar-refractivity contribution in [1.82, 2.24) is 4.98 Å². The summed E-state index contributed by atoms with van der Waals surface area (Å²) in [4.78, 5) is 16.3. The number of hydrogen-bond donors (Lipinski definition) is 2. The molecule has 0 radical (unpaired) electrons. The van der Waals surface area contributed by atoms with Crippen LogP contribution in [-0.4, -0.2) is 10.9 Å². The molecular weight excluding hydrogens is 341 g/mol. The zero-order valence-corrected chi connectivity index (χ0v) is 14.1. The minimum atomic E-state index is -0.364. The van der Waals surface area contributed by atoms with Crippen LogP contribution >= 0.6 is 11.6 Å². The fraction of sp³-hybridized carbons (Fsp3) is 0.0526. The number of rotatable bonds is 4. The molecule has 3 rings (SSSR count). The van der Waals surface area contributed by atoms with E-state index in [0.29, 0.717) is 10.7 Å². The lowest BCUT2D eigenvalue weighted by atomic mass is 10.2. The third-order valence-electron chi connectivity index (χ3n) is 3.56. The molecule has 0 bridgehead atoms. The lowest BCUT2D eigenvalue weighted by molar-refractivity contribution is 0.102. The Morgan fingerprint density at radius 3 is 2.32 bits per heavy atom. The number of halogens is 2. The van der Waals surface area contributed by atoms with Crippen LogP contribution in [0.3, 0.4) is 0 Å². The molecule has 1 heterocycles. The maximum absolute atomic E-state index is 12.9. The molecule has 1 aromatic heterocycles. The molecule has 3 aromatic rings. The van der Waals surface area contributed by atoms with Crippen molar-refractivity contribution < 1.29 is 9.18 Å². The monoisotopic (exact) mass is 355 g/mol. The van der Waals surface area contributed by atoms with Crippen molar-refractivity contribution in [2.45, 2.75) is 6.92 Å². The first-order valence-electron chi connectivity index (χ1n) is 7.57. The number of aryl methyl sites for hydroxylation is 1. The number of aromatic nitrogens is 1. The fourth-order valence-corrected chi connectivity index (χ4v) is 2.35. The van der Waals surface area contributed by atoms with Gasteiger partial charge in [0.25, 0.3) is 5.91 Å². The molecule has 2 aromatic carbocycles. The average Bonchev–Trinajstić information content (AvgIpc) is 2.61. The van der Waals surface area contributed by atoms with Crippen LogP contribution in [-0.2, 0) is 0 Å². The lowest BCUT2D eigenvalue weighted by Crippen LogP contribution is -2.13. The van der Waals surface area contributed by atoms with Gasteiger partial charge in [-0.2, -0.15) is 0 Å². The van der Waals surface area contributed by atoms with Crippen molar-refractivity contribution in [3.05, 3.63) is 82.9 Å². The standard InChI is InChI=1S/C19H15ClFN3O/c1-12-2-5-15(10-17(12)20)23-16-8-9-18(22-11-16)19(25)24-14-6-3-13(21)4-7-14/h2-11,23H,1H3,(H,24,25). The molecule has 0 aliphatic heterocycles. The number of carbonyl (C=O) groups excluding carboxylic acids is 1. The van der Waals surface area contributed by atoms with Gasteiger partial charge >= 0.3 is 0 Å². The van der Waals surface area contributed by atoms with E-state index in [2.05, 4.69) is 15.6 Å². The van der Waals surface area contributed by atoms with Gasteiger partial charge in [0.15, 0.2) is 0 Å². The van der Waals surface area contributed by atoms with Crippen molar-refractivity contribution in [2.75, 3.05) is 10.6 Å². The first-order valence-corrected chi connectivity index (χ1v) is 7.95. The molecule has 0 saturated carbocycles. The summed E-state index contributed by atoms with van der Waals surface area (Å²) in [5.41, 5.74) is 3.33. The van der Waals surface area contributed by atoms with Crippen molar-refractivity contribution in [2.24, 2.45) is 0 Å². The summed E-state index contributed by atoms with van der Waals surface area (Å²) in [6.07, 6.45) is 1.56. The van der Waals surface area contributed by atoms with Crippen molar-refractivity contribution >= 4 is 34.6 Å². The molecule has 0 unspecified atom stereocenters. The first-order chi connectivity index (χ1) is 12.0. The first kappa shape index (κ1) is 16.9. The van der Waals surface area contributed by atoms with Crippen LogP contribution in [0.2, 0.25) is 5.02 Å². The summed E-state index contributed by atoms with van der Waals surface area (Å²) in [5.74, 6) is -0.723. The Hall–Kier alpha value is -2.92. The van der Waals surface area contributed by atoms with E-state index < -0.39 is 0 Å². The molecule has 0 atom stereocenters. The fourth-order valence-electron chi connectivity index (χ4n) is 2.17. The number of carbonyl (C=O) groups is 1. The summed E-state index contributed by atoms with van der Waals surface area (Å²) in [7, 11) is 0. The Bertz CT molecular complexity index is 896. The second-order valence-electron chi connectivity index (χ2n) is 5.48. The second kappa shape index (κ2) is 7.32. The van der Waals surface area contributed by atoms with Crippen LogP contribution < -0.4 is 10.6 Å². The Morgan fingerprint density at radius 2 is 1.68 bits per heavy atom. The predicted molar refractivity (Wildman–Crippen MR) is 98.1 cm³/mol. The minimum absolute atomic E-state index is 0.261. The van der Waals surface area contributed by atoms with Gasteiger partial charge in [-0.05, 0) is 61.0 Å². The molecule has 4 nitrogen and oxygen atoms in total. The molecule has 0 spiro atoms. The van der Waals surface area contributed by atoms with Crippen LogP contribution in [0.4, 0.5) is 21.5 Å². The SMILES string of the molecule is Cc1ccc(Nc2ccc(C(=O)Nc3ccc(F)cc3)nc2)cc1Cl. The maximum Gasteiger partial charge on any atom is 0.274 e. The molecule has 2 N–H and O–H groups in total. The topological polar surface area (TPSA) is 54.0 Å². The number of amides is 1. The summed E-state index contributed by atoms with van der Waals surface area (Å²) >= 11 is 6.10. The highest BCUT2D eigenvalue weighted by molar-refractivity contribution is 6.31. The highest BCUT2D eigenvalue weighted by Crippen LogP contribution is 2.23. The van der Waals surface area contributed by atoms with Gasteiger partial charge in [-0.1, -0.05) is 17.7 Å². The summed E-state index contributed by atoms with van der Waals surface area (Å²) < 4.78 is 12.9. The number of pyridine rings is 1. The van der Waals surface area contributed by atoms with Crippen molar-refractivity contribution in [1.29, 1.82) is 0 Å². The van der Waals surface area contributed by atoms with Gasteiger partial charge in [-0.3, -0.25) is 4.79 Å². The molecule has 6 heteroatoms. The summed E-state index contributed by atoms with van der Waals surface area (Å²) in [5, 5.41) is 6.51. The van der Waals surface area contributed by atoms with Gasteiger partial charge in [0.2, 0.25) is 0 Å². The van der Waals surface area contributed by atoms with Crippen LogP contribution in [0.1, 0.15) is 16.1 Å². The van der Waals surface area contributed by atoms with E-state index in [4.69, 9.17) is 11.6 Å². The Labute approximate surface area is 149 Å². The molecule has 0 fully saturated rings. The molecule has 1 amide bonds. The highest BCUT2D eigenvalue weighted by atomic mass is 35.5. The van der Waals surface area contributed by atoms with Crippen molar-refractivity contribution in [3.63, 3.8) is 0 Å². The zero-order valence-electron chi connectivity index (χ0n) is 13.4. The molecule has 25 heavy (non-hydrogen) atoms. The van der Waals surface area contributed by atoms with Gasteiger partial charge in [0, 0.05) is 16.4 Å². The van der Waals surface area contributed by atoms with Gasteiger partial charge in [-0.25, -0.2) is 9.37 Å². The van der Waals surface area contributed by atoms with E-state index in [1.165, 1.54) is 24.3 Å². The number of benzene rings is 2. The average molecular weight is 356 g/mol. The second-order valence-corrected chi connectivity index (χ2v) is 5.89. The number of hydrogen-bond acceptors (Lipinski definition) is 3. The maximum atomic E-state index is 12.9. The highest BCUT2D eigenvalue weighted by Gasteiger charge is 2.08. The molecule has 126 valence electrons. The quantitative estimate of drug-likeness (QED) is 0.678. The number of nitrogens with zero attached hydrogens (tertiary/aromatic N) is 1. The summed E-state index contributed by atoms with van der Waals surface area (Å²) in [6.45, 7) is 1.93. The third-order valence-corrected chi connectivity index (χ3v) is 3.97. The zero-order chi connectivity index (χ0) is 17.8. The van der Waals surface area contributed by atoms with Gasteiger partial charge in [0.05, 0.1) is 11.9 Å². The van der Waals surface area contributed by atoms with E-state index in [0.717, 1.165) is 16.9 Å². The number of nitrogens with one attached hydrogen (secondary N) is 2. The van der Waals surface area contributed by atoms with E-state index >= 15 is 0 Å². The Kier molecular flexibility index (Phi) is 4.95. The minimum Gasteiger partial charge on any atom is -0.354 e. The van der Waals surface area contributed by atoms with E-state index in [1.807, 2.05) is 25.1 Å².